The first-order valence-electron chi connectivity index (χ1n) is 7.76. The van der Waals surface area contributed by atoms with Crippen molar-refractivity contribution in [2.45, 2.75) is 26.3 Å². The predicted molar refractivity (Wildman–Crippen MR) is 93.2 cm³/mol. The minimum atomic E-state index is -0.618. The Balaban J connectivity index is 1.95. The maximum Gasteiger partial charge on any atom is 0.258 e. The van der Waals surface area contributed by atoms with Crippen molar-refractivity contribution in [3.8, 4) is 5.75 Å². The van der Waals surface area contributed by atoms with Gasteiger partial charge in [-0.2, -0.15) is 0 Å². The molecule has 1 atom stereocenters. The van der Waals surface area contributed by atoms with E-state index in [-0.39, 0.29) is 18.4 Å². The summed E-state index contributed by atoms with van der Waals surface area (Å²) in [6.07, 6.45) is 2.47. The molecule has 2 rings (SSSR count). The summed E-state index contributed by atoms with van der Waals surface area (Å²) < 4.78 is 5.53. The van der Waals surface area contributed by atoms with Gasteiger partial charge >= 0.3 is 0 Å². The van der Waals surface area contributed by atoms with Gasteiger partial charge in [0.1, 0.15) is 17.3 Å². The molecule has 7 heteroatoms. The fourth-order valence-electron chi connectivity index (χ4n) is 2.12. The molecule has 0 radical (unpaired) electrons. The summed E-state index contributed by atoms with van der Waals surface area (Å²) in [7, 11) is 0. The van der Waals surface area contributed by atoms with Crippen LogP contribution in [-0.2, 0) is 9.59 Å². The quantitative estimate of drug-likeness (QED) is 0.803. The van der Waals surface area contributed by atoms with Gasteiger partial charge in [-0.15, -0.1) is 0 Å². The van der Waals surface area contributed by atoms with Gasteiger partial charge in [-0.1, -0.05) is 18.5 Å². The Kier molecular flexibility index (Phi) is 6.37. The highest BCUT2D eigenvalue weighted by Gasteiger charge is 2.16. The zero-order valence-corrected chi connectivity index (χ0v) is 14.4. The monoisotopic (exact) mass is 349 g/mol. The fourth-order valence-corrected chi connectivity index (χ4v) is 2.34. The highest BCUT2D eigenvalue weighted by Crippen LogP contribution is 2.29. The van der Waals surface area contributed by atoms with Gasteiger partial charge in [-0.3, -0.25) is 14.6 Å². The molecule has 128 valence electrons. The second-order valence-electron chi connectivity index (χ2n) is 5.31. The summed E-state index contributed by atoms with van der Waals surface area (Å²) in [6.45, 7) is 3.96. The number of hydrogen-bond donors (Lipinski definition) is 2. The molecule has 1 aromatic heterocycles. The van der Waals surface area contributed by atoms with Gasteiger partial charge < -0.3 is 15.4 Å². The number of rotatable bonds is 7. The Morgan fingerprint density at radius 3 is 2.88 bits per heavy atom. The van der Waals surface area contributed by atoms with E-state index in [1.54, 1.807) is 31.3 Å². The third-order valence-corrected chi connectivity index (χ3v) is 3.69. The van der Waals surface area contributed by atoms with Crippen molar-refractivity contribution in [2.75, 3.05) is 13.2 Å². The van der Waals surface area contributed by atoms with Gasteiger partial charge in [0.25, 0.3) is 5.91 Å². The molecule has 0 aliphatic carbocycles. The fraction of sp³-hybridized carbons (Fsp3) is 0.353. The number of aromatic nitrogens is 1. The summed E-state index contributed by atoms with van der Waals surface area (Å²) >= 11 is 6.12. The maximum atomic E-state index is 11.9. The maximum absolute atomic E-state index is 11.9. The molecular weight excluding hydrogens is 330 g/mol. The minimum Gasteiger partial charge on any atom is -0.481 e. The van der Waals surface area contributed by atoms with Crippen molar-refractivity contribution in [1.29, 1.82) is 0 Å². The number of ether oxygens (including phenoxy) is 1. The van der Waals surface area contributed by atoms with Crippen LogP contribution < -0.4 is 15.4 Å². The SMILES string of the molecule is CCCNC(=O)[C@H](C)NC(=O)COc1ccc(Cl)c2cccnc12. The molecule has 0 saturated carbocycles. The molecule has 0 aliphatic heterocycles. The number of halogens is 1. The number of nitrogens with one attached hydrogen (secondary N) is 2. The van der Waals surface area contributed by atoms with Crippen LogP contribution in [0.15, 0.2) is 30.5 Å². The second-order valence-corrected chi connectivity index (χ2v) is 5.72. The zero-order chi connectivity index (χ0) is 17.5. The average Bonchev–Trinajstić information content (AvgIpc) is 2.59. The highest BCUT2D eigenvalue weighted by molar-refractivity contribution is 6.35. The highest BCUT2D eigenvalue weighted by atomic mass is 35.5. The van der Waals surface area contributed by atoms with Crippen molar-refractivity contribution in [1.82, 2.24) is 15.6 Å². The van der Waals surface area contributed by atoms with E-state index >= 15 is 0 Å². The standard InChI is InChI=1S/C17H20ClN3O3/c1-3-8-20-17(23)11(2)21-15(22)10-24-14-7-6-13(18)12-5-4-9-19-16(12)14/h4-7,9,11H,3,8,10H2,1-2H3,(H,20,23)(H,21,22)/t11-/m0/s1. The molecule has 0 spiro atoms. The molecule has 0 bridgehead atoms. The van der Waals surface area contributed by atoms with E-state index in [1.165, 1.54) is 0 Å². The van der Waals surface area contributed by atoms with Crippen molar-refractivity contribution in [2.24, 2.45) is 0 Å². The Labute approximate surface area is 145 Å². The first-order valence-corrected chi connectivity index (χ1v) is 8.13. The lowest BCUT2D eigenvalue weighted by molar-refractivity contribution is -0.129. The lowest BCUT2D eigenvalue weighted by atomic mass is 10.2. The van der Waals surface area contributed by atoms with Gasteiger partial charge in [-0.25, -0.2) is 0 Å². The molecule has 1 aromatic carbocycles. The lowest BCUT2D eigenvalue weighted by Crippen LogP contribution is -2.46. The van der Waals surface area contributed by atoms with Crippen LogP contribution in [0.5, 0.6) is 5.75 Å². The molecule has 0 aliphatic rings. The van der Waals surface area contributed by atoms with Crippen molar-refractivity contribution in [3.05, 3.63) is 35.5 Å². The normalized spacial score (nSPS) is 11.8. The first-order chi connectivity index (χ1) is 11.5. The summed E-state index contributed by atoms with van der Waals surface area (Å²) in [6, 6.07) is 6.36. The predicted octanol–water partition coefficient (Wildman–Crippen LogP) is 2.30. The topological polar surface area (TPSA) is 80.3 Å². The number of pyridine rings is 1. The summed E-state index contributed by atoms with van der Waals surface area (Å²) in [5, 5.41) is 6.64. The summed E-state index contributed by atoms with van der Waals surface area (Å²) in [4.78, 5) is 27.9. The van der Waals surface area contributed by atoms with Crippen LogP contribution in [0.3, 0.4) is 0 Å². The zero-order valence-electron chi connectivity index (χ0n) is 13.6. The molecule has 0 saturated heterocycles. The van der Waals surface area contributed by atoms with Gasteiger partial charge in [0, 0.05) is 18.1 Å². The van der Waals surface area contributed by atoms with Crippen LogP contribution in [0.1, 0.15) is 20.3 Å². The smallest absolute Gasteiger partial charge is 0.258 e. The number of carbonyl (C=O) groups is 2. The molecule has 24 heavy (non-hydrogen) atoms. The van der Waals surface area contributed by atoms with Crippen LogP contribution in [0.2, 0.25) is 5.02 Å². The molecular formula is C17H20ClN3O3. The van der Waals surface area contributed by atoms with Gasteiger partial charge in [0.15, 0.2) is 6.61 Å². The van der Waals surface area contributed by atoms with Crippen molar-refractivity contribution < 1.29 is 14.3 Å². The summed E-state index contributed by atoms with van der Waals surface area (Å²) in [5.41, 5.74) is 0.589. The number of amides is 2. The second kappa shape index (κ2) is 8.49. The number of fused-ring (bicyclic) bond motifs is 1. The third kappa shape index (κ3) is 4.58. The minimum absolute atomic E-state index is 0.210. The van der Waals surface area contributed by atoms with Crippen LogP contribution in [0.25, 0.3) is 10.9 Å². The number of carbonyl (C=O) groups excluding carboxylic acids is 2. The largest absolute Gasteiger partial charge is 0.481 e. The van der Waals surface area contributed by atoms with E-state index in [4.69, 9.17) is 16.3 Å². The van der Waals surface area contributed by atoms with Crippen molar-refractivity contribution in [3.63, 3.8) is 0 Å². The van der Waals surface area contributed by atoms with Crippen LogP contribution in [0, 0.1) is 0 Å². The Morgan fingerprint density at radius 2 is 2.12 bits per heavy atom. The molecule has 6 nitrogen and oxygen atoms in total. The molecule has 2 N–H and O–H groups in total. The Hall–Kier alpha value is -2.34. The molecule has 2 aromatic rings. The first kappa shape index (κ1) is 18.0. The van der Waals surface area contributed by atoms with Crippen LogP contribution >= 0.6 is 11.6 Å². The van der Waals surface area contributed by atoms with E-state index < -0.39 is 6.04 Å². The van der Waals surface area contributed by atoms with Gasteiger partial charge in [-0.05, 0) is 37.6 Å². The van der Waals surface area contributed by atoms with E-state index in [0.29, 0.717) is 22.8 Å². The van der Waals surface area contributed by atoms with E-state index in [0.717, 1.165) is 11.8 Å². The number of benzene rings is 1. The molecule has 1 heterocycles. The molecule has 0 unspecified atom stereocenters. The van der Waals surface area contributed by atoms with Crippen molar-refractivity contribution >= 4 is 34.3 Å². The van der Waals surface area contributed by atoms with Crippen LogP contribution in [-0.4, -0.2) is 36.0 Å². The van der Waals surface area contributed by atoms with E-state index in [9.17, 15) is 9.59 Å². The molecule has 2 amide bonds. The average molecular weight is 350 g/mol. The van der Waals surface area contributed by atoms with E-state index in [2.05, 4.69) is 15.6 Å². The Bertz CT molecular complexity index is 736. The van der Waals surface area contributed by atoms with Crippen LogP contribution in [0.4, 0.5) is 0 Å². The number of nitrogens with zero attached hydrogens (tertiary/aromatic N) is 1. The van der Waals surface area contributed by atoms with Gasteiger partial charge in [0.05, 0.1) is 5.02 Å². The van der Waals surface area contributed by atoms with Gasteiger partial charge in [0.2, 0.25) is 5.91 Å². The third-order valence-electron chi connectivity index (χ3n) is 3.36. The lowest BCUT2D eigenvalue weighted by Gasteiger charge is -2.14. The van der Waals surface area contributed by atoms with E-state index in [1.807, 2.05) is 13.0 Å². The molecule has 0 fully saturated rings. The Morgan fingerprint density at radius 1 is 1.33 bits per heavy atom. The summed E-state index contributed by atoms with van der Waals surface area (Å²) in [5.74, 6) is -0.134. The number of hydrogen-bond acceptors (Lipinski definition) is 4.